The molecule has 5 heteroatoms. The SMILES string of the molecule is CN(CCOc1cccc(C=CC(=O)O)c1)CC(C)(C)O. The van der Waals surface area contributed by atoms with E-state index in [9.17, 15) is 9.90 Å². The Morgan fingerprint density at radius 1 is 1.43 bits per heavy atom. The van der Waals surface area contributed by atoms with E-state index >= 15 is 0 Å². The van der Waals surface area contributed by atoms with Gasteiger partial charge in [-0.1, -0.05) is 12.1 Å². The number of carbonyl (C=O) groups is 1. The Morgan fingerprint density at radius 2 is 2.14 bits per heavy atom. The third-order valence-corrected chi connectivity index (χ3v) is 2.68. The summed E-state index contributed by atoms with van der Waals surface area (Å²) in [6.45, 7) is 5.29. The molecule has 0 fully saturated rings. The summed E-state index contributed by atoms with van der Waals surface area (Å²) in [5.41, 5.74) is 0.0516. The zero-order valence-electron chi connectivity index (χ0n) is 12.7. The fraction of sp³-hybridized carbons (Fsp3) is 0.438. The quantitative estimate of drug-likeness (QED) is 0.716. The first-order valence-electron chi connectivity index (χ1n) is 6.81. The molecule has 2 N–H and O–H groups in total. The number of aliphatic carboxylic acids is 1. The molecule has 21 heavy (non-hydrogen) atoms. The molecule has 0 aliphatic carbocycles. The zero-order chi connectivity index (χ0) is 15.9. The standard InChI is InChI=1S/C16H23NO4/c1-16(2,20)12-17(3)9-10-21-14-6-4-5-13(11-14)7-8-15(18)19/h4-8,11,20H,9-10,12H2,1-3H3,(H,18,19). The van der Waals surface area contributed by atoms with Crippen LogP contribution in [0.5, 0.6) is 5.75 Å². The second-order valence-corrected chi connectivity index (χ2v) is 5.64. The number of ether oxygens (including phenoxy) is 1. The molecule has 0 unspecified atom stereocenters. The van der Waals surface area contributed by atoms with Crippen LogP contribution in [0.3, 0.4) is 0 Å². The van der Waals surface area contributed by atoms with E-state index in [4.69, 9.17) is 9.84 Å². The van der Waals surface area contributed by atoms with Crippen molar-refractivity contribution in [2.75, 3.05) is 26.7 Å². The fourth-order valence-electron chi connectivity index (χ4n) is 1.93. The van der Waals surface area contributed by atoms with Crippen LogP contribution in [0.4, 0.5) is 0 Å². The average Bonchev–Trinajstić information content (AvgIpc) is 2.34. The fourth-order valence-corrected chi connectivity index (χ4v) is 1.93. The smallest absolute Gasteiger partial charge is 0.328 e. The third kappa shape index (κ3) is 8.12. The van der Waals surface area contributed by atoms with Crippen LogP contribution in [0.1, 0.15) is 19.4 Å². The summed E-state index contributed by atoms with van der Waals surface area (Å²) in [7, 11) is 1.92. The highest BCUT2D eigenvalue weighted by Gasteiger charge is 2.15. The highest BCUT2D eigenvalue weighted by Crippen LogP contribution is 2.14. The summed E-state index contributed by atoms with van der Waals surface area (Å²) >= 11 is 0. The molecule has 0 aliphatic rings. The molecular weight excluding hydrogens is 270 g/mol. The Morgan fingerprint density at radius 3 is 2.76 bits per heavy atom. The Bertz CT molecular complexity index is 491. The Hall–Kier alpha value is -1.85. The van der Waals surface area contributed by atoms with Gasteiger partial charge in [-0.2, -0.15) is 0 Å². The molecule has 1 aromatic carbocycles. The minimum Gasteiger partial charge on any atom is -0.492 e. The number of hydrogen-bond acceptors (Lipinski definition) is 4. The molecule has 1 rings (SSSR count). The summed E-state index contributed by atoms with van der Waals surface area (Å²) < 4.78 is 5.63. The van der Waals surface area contributed by atoms with E-state index in [0.717, 1.165) is 11.6 Å². The van der Waals surface area contributed by atoms with Crippen molar-refractivity contribution in [1.29, 1.82) is 0 Å². The molecule has 1 aromatic rings. The molecule has 116 valence electrons. The maximum atomic E-state index is 10.5. The van der Waals surface area contributed by atoms with Crippen LogP contribution in [0.2, 0.25) is 0 Å². The first kappa shape index (κ1) is 17.2. The van der Waals surface area contributed by atoms with Crippen molar-refractivity contribution in [3.05, 3.63) is 35.9 Å². The number of benzene rings is 1. The normalized spacial score (nSPS) is 12.0. The number of aliphatic hydroxyl groups is 1. The molecule has 0 aromatic heterocycles. The summed E-state index contributed by atoms with van der Waals surface area (Å²) in [5, 5.41) is 18.3. The van der Waals surface area contributed by atoms with Crippen molar-refractivity contribution < 1.29 is 19.7 Å². The van der Waals surface area contributed by atoms with Gasteiger partial charge in [-0.3, -0.25) is 0 Å². The molecule has 0 atom stereocenters. The van der Waals surface area contributed by atoms with Crippen LogP contribution in [0.15, 0.2) is 30.3 Å². The first-order chi connectivity index (χ1) is 9.76. The zero-order valence-corrected chi connectivity index (χ0v) is 12.7. The molecule has 0 saturated heterocycles. The molecule has 0 aliphatic heterocycles. The number of likely N-dealkylation sites (N-methyl/N-ethyl adjacent to an activating group) is 1. The van der Waals surface area contributed by atoms with Gasteiger partial charge in [0.25, 0.3) is 0 Å². The van der Waals surface area contributed by atoms with Crippen molar-refractivity contribution in [2.45, 2.75) is 19.4 Å². The maximum Gasteiger partial charge on any atom is 0.328 e. The second kappa shape index (κ2) is 7.81. The Labute approximate surface area is 125 Å². The average molecular weight is 293 g/mol. The van der Waals surface area contributed by atoms with E-state index < -0.39 is 11.6 Å². The molecule has 0 bridgehead atoms. The highest BCUT2D eigenvalue weighted by atomic mass is 16.5. The van der Waals surface area contributed by atoms with E-state index in [0.29, 0.717) is 25.4 Å². The minimum absolute atomic E-state index is 0.499. The van der Waals surface area contributed by atoms with Crippen LogP contribution in [0.25, 0.3) is 6.08 Å². The van der Waals surface area contributed by atoms with E-state index in [1.807, 2.05) is 30.1 Å². The highest BCUT2D eigenvalue weighted by molar-refractivity contribution is 5.85. The van der Waals surface area contributed by atoms with Crippen molar-refractivity contribution in [2.24, 2.45) is 0 Å². The monoisotopic (exact) mass is 293 g/mol. The van der Waals surface area contributed by atoms with Crippen LogP contribution in [-0.2, 0) is 4.79 Å². The third-order valence-electron chi connectivity index (χ3n) is 2.68. The van der Waals surface area contributed by atoms with Gasteiger partial charge in [-0.05, 0) is 44.7 Å². The summed E-state index contributed by atoms with van der Waals surface area (Å²) in [5.74, 6) is -0.284. The molecule has 0 saturated carbocycles. The van der Waals surface area contributed by atoms with Crippen molar-refractivity contribution in [3.63, 3.8) is 0 Å². The lowest BCUT2D eigenvalue weighted by molar-refractivity contribution is -0.131. The number of hydrogen-bond donors (Lipinski definition) is 2. The van der Waals surface area contributed by atoms with Gasteiger partial charge in [0.05, 0.1) is 5.60 Å². The number of carboxylic acid groups (broad SMARTS) is 1. The largest absolute Gasteiger partial charge is 0.492 e. The Kier molecular flexibility index (Phi) is 6.39. The molecule has 0 amide bonds. The van der Waals surface area contributed by atoms with Crippen molar-refractivity contribution in [3.8, 4) is 5.75 Å². The number of rotatable bonds is 8. The van der Waals surface area contributed by atoms with Crippen LogP contribution in [-0.4, -0.2) is 53.4 Å². The summed E-state index contributed by atoms with van der Waals surface area (Å²) in [6.07, 6.45) is 2.62. The van der Waals surface area contributed by atoms with E-state index in [2.05, 4.69) is 0 Å². The van der Waals surface area contributed by atoms with Gasteiger partial charge in [0, 0.05) is 19.2 Å². The van der Waals surface area contributed by atoms with Gasteiger partial charge in [0.1, 0.15) is 12.4 Å². The topological polar surface area (TPSA) is 70.0 Å². The van der Waals surface area contributed by atoms with E-state index in [1.54, 1.807) is 19.9 Å². The molecule has 5 nitrogen and oxygen atoms in total. The lowest BCUT2D eigenvalue weighted by Gasteiger charge is -2.25. The van der Waals surface area contributed by atoms with Gasteiger partial charge in [0.15, 0.2) is 0 Å². The molecule has 0 heterocycles. The van der Waals surface area contributed by atoms with Crippen LogP contribution >= 0.6 is 0 Å². The summed E-state index contributed by atoms with van der Waals surface area (Å²) in [4.78, 5) is 12.5. The summed E-state index contributed by atoms with van der Waals surface area (Å²) in [6, 6.07) is 7.24. The number of nitrogens with zero attached hydrogens (tertiary/aromatic N) is 1. The van der Waals surface area contributed by atoms with Crippen LogP contribution < -0.4 is 4.74 Å². The lowest BCUT2D eigenvalue weighted by atomic mass is 10.1. The molecule has 0 spiro atoms. The van der Waals surface area contributed by atoms with Gasteiger partial charge in [-0.15, -0.1) is 0 Å². The number of carboxylic acids is 1. The van der Waals surface area contributed by atoms with Crippen molar-refractivity contribution >= 4 is 12.0 Å². The Balaban J connectivity index is 2.45. The first-order valence-corrected chi connectivity index (χ1v) is 6.81. The van der Waals surface area contributed by atoms with Gasteiger partial charge in [0.2, 0.25) is 0 Å². The van der Waals surface area contributed by atoms with Crippen LogP contribution in [0, 0.1) is 0 Å². The van der Waals surface area contributed by atoms with Gasteiger partial charge in [-0.25, -0.2) is 4.79 Å². The molecule has 0 radical (unpaired) electrons. The predicted molar refractivity (Wildman–Crippen MR) is 82.4 cm³/mol. The van der Waals surface area contributed by atoms with Gasteiger partial charge >= 0.3 is 5.97 Å². The van der Waals surface area contributed by atoms with Gasteiger partial charge < -0.3 is 19.8 Å². The predicted octanol–water partition coefficient (Wildman–Crippen LogP) is 1.87. The van der Waals surface area contributed by atoms with Crippen molar-refractivity contribution in [1.82, 2.24) is 4.90 Å². The maximum absolute atomic E-state index is 10.5. The van der Waals surface area contributed by atoms with E-state index in [1.165, 1.54) is 6.08 Å². The van der Waals surface area contributed by atoms with E-state index in [-0.39, 0.29) is 0 Å². The minimum atomic E-state index is -0.977. The lowest BCUT2D eigenvalue weighted by Crippen LogP contribution is -2.38. The second-order valence-electron chi connectivity index (χ2n) is 5.64. The molecular formula is C16H23NO4.